The Balaban J connectivity index is 1.32. The molecular weight excluding hydrogens is 450 g/mol. The normalized spacial score (nSPS) is 18.9. The SMILES string of the molecule is O=C(Nc1ccc(N2CCCCC2)c2nonc12)C1CC(c2cccc(Br)c2)=NO1. The Labute approximate surface area is 181 Å². The minimum atomic E-state index is -0.698. The molecular formula is C21H20BrN5O3. The summed E-state index contributed by atoms with van der Waals surface area (Å²) < 4.78 is 5.94. The van der Waals surface area contributed by atoms with Crippen LogP contribution in [-0.4, -0.2) is 41.1 Å². The monoisotopic (exact) mass is 469 g/mol. The molecule has 30 heavy (non-hydrogen) atoms. The summed E-state index contributed by atoms with van der Waals surface area (Å²) in [6.45, 7) is 1.97. The molecule has 8 nitrogen and oxygen atoms in total. The van der Waals surface area contributed by atoms with E-state index in [0.29, 0.717) is 23.1 Å². The van der Waals surface area contributed by atoms with Crippen molar-refractivity contribution in [1.29, 1.82) is 0 Å². The fourth-order valence-electron chi connectivity index (χ4n) is 3.91. The lowest BCUT2D eigenvalue weighted by Crippen LogP contribution is -2.30. The maximum absolute atomic E-state index is 12.8. The number of hydrogen-bond acceptors (Lipinski definition) is 7. The summed E-state index contributed by atoms with van der Waals surface area (Å²) in [5, 5.41) is 15.1. The molecule has 2 aliphatic rings. The van der Waals surface area contributed by atoms with Crippen LogP contribution in [0.1, 0.15) is 31.2 Å². The van der Waals surface area contributed by atoms with Gasteiger partial charge < -0.3 is 15.1 Å². The van der Waals surface area contributed by atoms with Gasteiger partial charge in [-0.1, -0.05) is 33.2 Å². The summed E-state index contributed by atoms with van der Waals surface area (Å²) in [4.78, 5) is 20.5. The van der Waals surface area contributed by atoms with Crippen molar-refractivity contribution in [3.63, 3.8) is 0 Å². The molecule has 9 heteroatoms. The smallest absolute Gasteiger partial charge is 0.268 e. The van der Waals surface area contributed by atoms with E-state index in [-0.39, 0.29) is 5.91 Å². The van der Waals surface area contributed by atoms with Crippen LogP contribution in [0.4, 0.5) is 11.4 Å². The molecule has 5 rings (SSSR count). The van der Waals surface area contributed by atoms with Gasteiger partial charge in [-0.15, -0.1) is 0 Å². The average molecular weight is 470 g/mol. The van der Waals surface area contributed by atoms with Crippen molar-refractivity contribution in [2.75, 3.05) is 23.3 Å². The van der Waals surface area contributed by atoms with Crippen molar-refractivity contribution in [3.8, 4) is 0 Å². The van der Waals surface area contributed by atoms with E-state index in [1.807, 2.05) is 36.4 Å². The first-order valence-corrected chi connectivity index (χ1v) is 10.8. The van der Waals surface area contributed by atoms with Crippen LogP contribution in [0.15, 0.2) is 50.7 Å². The highest BCUT2D eigenvalue weighted by Gasteiger charge is 2.30. The lowest BCUT2D eigenvalue weighted by atomic mass is 10.0. The van der Waals surface area contributed by atoms with E-state index in [1.165, 1.54) is 6.42 Å². The molecule has 3 aromatic rings. The van der Waals surface area contributed by atoms with Crippen LogP contribution in [-0.2, 0) is 9.63 Å². The minimum absolute atomic E-state index is 0.279. The fourth-order valence-corrected chi connectivity index (χ4v) is 4.31. The molecule has 1 unspecified atom stereocenters. The van der Waals surface area contributed by atoms with Gasteiger partial charge in [-0.2, -0.15) is 0 Å². The largest absolute Gasteiger partial charge is 0.382 e. The zero-order valence-corrected chi connectivity index (χ0v) is 17.8. The van der Waals surface area contributed by atoms with E-state index in [4.69, 9.17) is 9.47 Å². The molecule has 1 amide bonds. The van der Waals surface area contributed by atoms with E-state index in [2.05, 4.69) is 41.6 Å². The first-order chi connectivity index (χ1) is 14.7. The van der Waals surface area contributed by atoms with Crippen molar-refractivity contribution in [2.24, 2.45) is 5.16 Å². The summed E-state index contributed by atoms with van der Waals surface area (Å²) in [5.41, 5.74) is 4.40. The first kappa shape index (κ1) is 19.0. The molecule has 0 spiro atoms. The fraction of sp³-hybridized carbons (Fsp3) is 0.333. The molecule has 1 atom stereocenters. The Bertz CT molecular complexity index is 1120. The van der Waals surface area contributed by atoms with Crippen LogP contribution in [0.25, 0.3) is 11.0 Å². The summed E-state index contributed by atoms with van der Waals surface area (Å²) in [6.07, 6.45) is 3.26. The quantitative estimate of drug-likeness (QED) is 0.617. The molecule has 2 aliphatic heterocycles. The maximum Gasteiger partial charge on any atom is 0.268 e. The van der Waals surface area contributed by atoms with Gasteiger partial charge in [-0.3, -0.25) is 4.79 Å². The minimum Gasteiger partial charge on any atom is -0.382 e. The highest BCUT2D eigenvalue weighted by Crippen LogP contribution is 2.32. The number of halogens is 1. The lowest BCUT2D eigenvalue weighted by molar-refractivity contribution is -0.125. The average Bonchev–Trinajstić information content (AvgIpc) is 3.45. The van der Waals surface area contributed by atoms with Gasteiger partial charge in [0.05, 0.1) is 17.1 Å². The van der Waals surface area contributed by atoms with Crippen LogP contribution < -0.4 is 10.2 Å². The molecule has 1 aromatic heterocycles. The highest BCUT2D eigenvalue weighted by atomic mass is 79.9. The Morgan fingerprint density at radius 3 is 2.77 bits per heavy atom. The van der Waals surface area contributed by atoms with Crippen LogP contribution in [0, 0.1) is 0 Å². The molecule has 0 radical (unpaired) electrons. The topological polar surface area (TPSA) is 92.9 Å². The van der Waals surface area contributed by atoms with Gasteiger partial charge >= 0.3 is 0 Å². The number of carbonyl (C=O) groups excluding carboxylic acids is 1. The molecule has 3 heterocycles. The van der Waals surface area contributed by atoms with Gasteiger partial charge in [-0.25, -0.2) is 4.63 Å². The maximum atomic E-state index is 12.8. The van der Waals surface area contributed by atoms with Gasteiger partial charge in [0.1, 0.15) is 0 Å². The third-order valence-electron chi connectivity index (χ3n) is 5.47. The van der Waals surface area contributed by atoms with Crippen LogP contribution in [0.5, 0.6) is 0 Å². The molecule has 0 saturated carbocycles. The molecule has 1 N–H and O–H groups in total. The number of carbonyl (C=O) groups is 1. The van der Waals surface area contributed by atoms with Crippen molar-refractivity contribution in [2.45, 2.75) is 31.8 Å². The van der Waals surface area contributed by atoms with Crippen LogP contribution >= 0.6 is 15.9 Å². The third kappa shape index (κ3) is 3.65. The Morgan fingerprint density at radius 1 is 1.10 bits per heavy atom. The Hall–Kier alpha value is -2.94. The highest BCUT2D eigenvalue weighted by molar-refractivity contribution is 9.10. The van der Waals surface area contributed by atoms with E-state index in [1.54, 1.807) is 0 Å². The van der Waals surface area contributed by atoms with Gasteiger partial charge in [0.2, 0.25) is 6.10 Å². The number of rotatable bonds is 4. The van der Waals surface area contributed by atoms with Gasteiger partial charge in [-0.05, 0) is 53.8 Å². The summed E-state index contributed by atoms with van der Waals surface area (Å²) in [5.74, 6) is -0.279. The van der Waals surface area contributed by atoms with Gasteiger partial charge in [0.15, 0.2) is 11.0 Å². The molecule has 1 fully saturated rings. The van der Waals surface area contributed by atoms with Crippen molar-refractivity contribution in [3.05, 3.63) is 46.4 Å². The zero-order chi connectivity index (χ0) is 20.5. The van der Waals surface area contributed by atoms with E-state index < -0.39 is 6.10 Å². The summed E-state index contributed by atoms with van der Waals surface area (Å²) in [6, 6.07) is 11.6. The van der Waals surface area contributed by atoms with Crippen molar-refractivity contribution >= 4 is 50.0 Å². The standard InChI is InChI=1S/C21H20BrN5O3/c22-14-6-4-5-13(11-14)16-12-18(29-24-16)21(28)23-15-7-8-17(20-19(15)25-30-26-20)27-9-2-1-3-10-27/h4-8,11,18H,1-3,9-10,12H2,(H,23,28). The summed E-state index contributed by atoms with van der Waals surface area (Å²) >= 11 is 3.45. The number of hydrogen-bond donors (Lipinski definition) is 1. The molecule has 1 saturated heterocycles. The number of piperidine rings is 1. The second kappa shape index (κ2) is 8.06. The van der Waals surface area contributed by atoms with Crippen molar-refractivity contribution < 1.29 is 14.3 Å². The predicted molar refractivity (Wildman–Crippen MR) is 117 cm³/mol. The number of benzene rings is 2. The third-order valence-corrected chi connectivity index (χ3v) is 5.96. The second-order valence-corrected chi connectivity index (χ2v) is 8.39. The van der Waals surface area contributed by atoms with E-state index in [0.717, 1.165) is 47.4 Å². The van der Waals surface area contributed by atoms with Crippen molar-refractivity contribution in [1.82, 2.24) is 10.3 Å². The Morgan fingerprint density at radius 2 is 1.93 bits per heavy atom. The second-order valence-electron chi connectivity index (χ2n) is 7.48. The van der Waals surface area contributed by atoms with Crippen LogP contribution in [0.3, 0.4) is 0 Å². The number of fused-ring (bicyclic) bond motifs is 1. The number of oxime groups is 1. The van der Waals surface area contributed by atoms with Gasteiger partial charge in [0.25, 0.3) is 5.91 Å². The van der Waals surface area contributed by atoms with E-state index in [9.17, 15) is 4.79 Å². The number of amides is 1. The number of nitrogens with one attached hydrogen (secondary N) is 1. The molecule has 0 aliphatic carbocycles. The lowest BCUT2D eigenvalue weighted by Gasteiger charge is -2.28. The Kier molecular flexibility index (Phi) is 5.12. The molecule has 154 valence electrons. The molecule has 0 bridgehead atoms. The van der Waals surface area contributed by atoms with E-state index >= 15 is 0 Å². The first-order valence-electron chi connectivity index (χ1n) is 9.99. The zero-order valence-electron chi connectivity index (χ0n) is 16.2. The molecule has 2 aromatic carbocycles. The number of nitrogens with zero attached hydrogens (tertiary/aromatic N) is 4. The van der Waals surface area contributed by atoms with Crippen LogP contribution in [0.2, 0.25) is 0 Å². The summed E-state index contributed by atoms with van der Waals surface area (Å²) in [7, 11) is 0. The predicted octanol–water partition coefficient (Wildman–Crippen LogP) is 4.11. The number of aromatic nitrogens is 2. The van der Waals surface area contributed by atoms with Gasteiger partial charge in [0, 0.05) is 29.5 Å². The number of anilines is 2.